The van der Waals surface area contributed by atoms with E-state index < -0.39 is 0 Å². The Kier molecular flexibility index (Phi) is 7.97. The van der Waals surface area contributed by atoms with Crippen LogP contribution in [0.1, 0.15) is 60.8 Å². The van der Waals surface area contributed by atoms with Crippen LogP contribution in [-0.4, -0.2) is 70.9 Å². The lowest BCUT2D eigenvalue weighted by molar-refractivity contribution is 0.0730. The van der Waals surface area contributed by atoms with E-state index in [4.69, 9.17) is 9.47 Å². The van der Waals surface area contributed by atoms with Crippen molar-refractivity contribution >= 4 is 11.7 Å². The molecule has 33 heavy (non-hydrogen) atoms. The first-order valence-corrected chi connectivity index (χ1v) is 11.4. The number of ether oxygens (including phenoxy) is 2. The van der Waals surface area contributed by atoms with Crippen LogP contribution >= 0.6 is 0 Å². The Morgan fingerprint density at radius 1 is 1.15 bits per heavy atom. The molecule has 0 unspecified atom stereocenters. The zero-order valence-electron chi connectivity index (χ0n) is 20.1. The molecular formula is C24H34N4O5. The number of fused-ring (bicyclic) bond motifs is 1. The second-order valence-electron chi connectivity index (χ2n) is 8.33. The van der Waals surface area contributed by atoms with Crippen molar-refractivity contribution in [3.05, 3.63) is 34.5 Å². The highest BCUT2D eigenvalue weighted by Gasteiger charge is 2.29. The zero-order chi connectivity index (χ0) is 24.1. The fraction of sp³-hybridized carbons (Fsp3) is 0.542. The number of carbonyl (C=O) groups excluding carboxylic acids is 1. The fourth-order valence-electron chi connectivity index (χ4n) is 4.01. The number of carbonyl (C=O) groups is 1. The van der Waals surface area contributed by atoms with Gasteiger partial charge in [-0.1, -0.05) is 13.8 Å². The minimum Gasteiger partial charge on any atom is -0.508 e. The number of rotatable bonds is 9. The van der Waals surface area contributed by atoms with Crippen molar-refractivity contribution < 1.29 is 24.5 Å². The van der Waals surface area contributed by atoms with Crippen LogP contribution in [0.5, 0.6) is 17.5 Å². The van der Waals surface area contributed by atoms with Crippen molar-refractivity contribution in [2.24, 2.45) is 0 Å². The molecule has 9 nitrogen and oxygen atoms in total. The molecule has 0 saturated heterocycles. The summed E-state index contributed by atoms with van der Waals surface area (Å²) in [6, 6.07) is 3.14. The molecule has 0 spiro atoms. The van der Waals surface area contributed by atoms with Crippen LogP contribution in [0.4, 0.5) is 5.82 Å². The molecule has 180 valence electrons. The number of hydrogen-bond donors (Lipinski definition) is 2. The summed E-state index contributed by atoms with van der Waals surface area (Å²) in [5.41, 5.74) is 2.56. The Labute approximate surface area is 195 Å². The van der Waals surface area contributed by atoms with Crippen LogP contribution in [0.25, 0.3) is 0 Å². The number of aromatic hydroxyl groups is 2. The molecular weight excluding hydrogens is 424 g/mol. The van der Waals surface area contributed by atoms with E-state index in [1.807, 2.05) is 13.8 Å². The summed E-state index contributed by atoms with van der Waals surface area (Å²) in [6.07, 6.45) is 0.550. The molecule has 0 radical (unpaired) electrons. The first-order chi connectivity index (χ1) is 15.8. The van der Waals surface area contributed by atoms with E-state index >= 15 is 0 Å². The number of hydrogen-bond acceptors (Lipinski definition) is 8. The first kappa shape index (κ1) is 24.6. The summed E-state index contributed by atoms with van der Waals surface area (Å²) in [5.74, 6) is 0.244. The van der Waals surface area contributed by atoms with Gasteiger partial charge in [-0.3, -0.25) is 4.79 Å². The Bertz CT molecular complexity index is 991. The molecule has 0 saturated carbocycles. The molecule has 2 N–H and O–H groups in total. The second kappa shape index (κ2) is 10.7. The van der Waals surface area contributed by atoms with E-state index in [1.54, 1.807) is 18.1 Å². The third kappa shape index (κ3) is 5.30. The number of aromatic nitrogens is 2. The minimum atomic E-state index is -0.286. The maximum atomic E-state index is 13.4. The highest BCUT2D eigenvalue weighted by Crippen LogP contribution is 2.34. The van der Waals surface area contributed by atoms with Crippen molar-refractivity contribution in [3.8, 4) is 17.5 Å². The molecule has 0 bridgehead atoms. The average molecular weight is 459 g/mol. The third-order valence-electron chi connectivity index (χ3n) is 5.88. The molecule has 1 aromatic heterocycles. The highest BCUT2D eigenvalue weighted by atomic mass is 16.5. The Morgan fingerprint density at radius 3 is 2.52 bits per heavy atom. The Morgan fingerprint density at radius 2 is 1.88 bits per heavy atom. The van der Waals surface area contributed by atoms with Gasteiger partial charge >= 0.3 is 6.01 Å². The van der Waals surface area contributed by atoms with Gasteiger partial charge in [0.2, 0.25) is 0 Å². The van der Waals surface area contributed by atoms with Crippen molar-refractivity contribution in [1.29, 1.82) is 0 Å². The van der Waals surface area contributed by atoms with Gasteiger partial charge in [0.1, 0.15) is 23.9 Å². The molecule has 1 aliphatic heterocycles. The van der Waals surface area contributed by atoms with Crippen LogP contribution in [-0.2, 0) is 17.7 Å². The number of amides is 1. The second-order valence-corrected chi connectivity index (χ2v) is 8.33. The molecule has 2 heterocycles. The summed E-state index contributed by atoms with van der Waals surface area (Å²) in [7, 11) is 1.61. The quantitative estimate of drug-likeness (QED) is 0.552. The third-order valence-corrected chi connectivity index (χ3v) is 5.88. The van der Waals surface area contributed by atoms with Crippen LogP contribution in [0.2, 0.25) is 0 Å². The van der Waals surface area contributed by atoms with E-state index in [9.17, 15) is 15.0 Å². The van der Waals surface area contributed by atoms with Gasteiger partial charge in [-0.05, 0) is 31.4 Å². The van der Waals surface area contributed by atoms with Crippen LogP contribution in [0, 0.1) is 0 Å². The number of anilines is 1. The molecule has 0 atom stereocenters. The summed E-state index contributed by atoms with van der Waals surface area (Å²) < 4.78 is 10.7. The number of phenols is 2. The smallest absolute Gasteiger partial charge is 0.318 e. The van der Waals surface area contributed by atoms with Crippen LogP contribution in [0.3, 0.4) is 0 Å². The van der Waals surface area contributed by atoms with Gasteiger partial charge in [0.05, 0.1) is 24.4 Å². The van der Waals surface area contributed by atoms with Crippen molar-refractivity contribution in [3.63, 3.8) is 0 Å². The highest BCUT2D eigenvalue weighted by molar-refractivity contribution is 5.97. The van der Waals surface area contributed by atoms with E-state index in [1.165, 1.54) is 6.07 Å². The Hall–Kier alpha value is -3.07. The normalized spacial score (nSPS) is 13.2. The fourth-order valence-corrected chi connectivity index (χ4v) is 4.01. The van der Waals surface area contributed by atoms with E-state index in [2.05, 4.69) is 28.7 Å². The molecule has 0 aliphatic carbocycles. The van der Waals surface area contributed by atoms with Crippen LogP contribution < -0.4 is 9.64 Å². The van der Waals surface area contributed by atoms with Crippen molar-refractivity contribution in [2.75, 3.05) is 44.9 Å². The largest absolute Gasteiger partial charge is 0.508 e. The average Bonchev–Trinajstić information content (AvgIpc) is 2.79. The van der Waals surface area contributed by atoms with E-state index in [0.717, 1.165) is 30.2 Å². The van der Waals surface area contributed by atoms with Gasteiger partial charge in [-0.15, -0.1) is 0 Å². The molecule has 2 aromatic rings. The number of nitrogens with zero attached hydrogens (tertiary/aromatic N) is 4. The summed E-state index contributed by atoms with van der Waals surface area (Å²) in [4.78, 5) is 26.4. The number of methoxy groups -OCH3 is 1. The zero-order valence-corrected chi connectivity index (χ0v) is 20.1. The summed E-state index contributed by atoms with van der Waals surface area (Å²) >= 11 is 0. The van der Waals surface area contributed by atoms with Crippen molar-refractivity contribution in [2.45, 2.75) is 46.6 Å². The van der Waals surface area contributed by atoms with Crippen LogP contribution in [0.15, 0.2) is 12.1 Å². The number of benzene rings is 1. The monoisotopic (exact) mass is 458 g/mol. The van der Waals surface area contributed by atoms with Gasteiger partial charge in [0.25, 0.3) is 5.91 Å². The summed E-state index contributed by atoms with van der Waals surface area (Å²) in [6.45, 7) is 11.0. The molecule has 1 aromatic carbocycles. The molecule has 0 fully saturated rings. The minimum absolute atomic E-state index is 0.0124. The van der Waals surface area contributed by atoms with Crippen molar-refractivity contribution in [1.82, 2.24) is 14.9 Å². The van der Waals surface area contributed by atoms with Gasteiger partial charge in [-0.2, -0.15) is 9.97 Å². The predicted molar refractivity (Wildman–Crippen MR) is 125 cm³/mol. The SMILES string of the molecule is CCN(CC)c1nc(OCCOC)nc2c1CN(C(=O)c1cc(C(C)C)c(O)cc1O)CC2. The maximum absolute atomic E-state index is 13.4. The standard InChI is InChI=1S/C24H34N4O5/c1-6-27(7-2)22-18-14-28(9-8-19(18)25-24(26-22)33-11-10-32-5)23(31)17-12-16(15(3)4)20(29)13-21(17)30/h12-13,15,29-30H,6-11,14H2,1-5H3. The first-order valence-electron chi connectivity index (χ1n) is 11.4. The van der Waals surface area contributed by atoms with Gasteiger partial charge in [0.15, 0.2) is 0 Å². The topological polar surface area (TPSA) is 108 Å². The summed E-state index contributed by atoms with van der Waals surface area (Å²) in [5, 5.41) is 20.5. The lowest BCUT2D eigenvalue weighted by Crippen LogP contribution is -2.38. The lowest BCUT2D eigenvalue weighted by Gasteiger charge is -2.32. The molecule has 1 aliphatic rings. The lowest BCUT2D eigenvalue weighted by atomic mass is 9.97. The maximum Gasteiger partial charge on any atom is 0.318 e. The Balaban J connectivity index is 1.94. The van der Waals surface area contributed by atoms with Gasteiger partial charge in [-0.25, -0.2) is 0 Å². The van der Waals surface area contributed by atoms with E-state index in [0.29, 0.717) is 44.3 Å². The van der Waals surface area contributed by atoms with E-state index in [-0.39, 0.29) is 28.9 Å². The predicted octanol–water partition coefficient (Wildman–Crippen LogP) is 3.08. The van der Waals surface area contributed by atoms with Gasteiger partial charge in [0, 0.05) is 44.8 Å². The molecule has 9 heteroatoms. The number of phenolic OH excluding ortho intramolecular Hbond substituents is 2. The molecule has 1 amide bonds. The van der Waals surface area contributed by atoms with Gasteiger partial charge < -0.3 is 29.5 Å². The molecule has 3 rings (SSSR count).